The molecule has 0 spiro atoms. The lowest BCUT2D eigenvalue weighted by Crippen LogP contribution is -2.37. The van der Waals surface area contributed by atoms with Gasteiger partial charge in [0, 0.05) is 29.5 Å². The molecule has 0 aliphatic rings. The number of hydrogen-bond donors (Lipinski definition) is 0. The van der Waals surface area contributed by atoms with Gasteiger partial charge in [0.1, 0.15) is 6.54 Å². The quantitative estimate of drug-likeness (QED) is 0.316. The van der Waals surface area contributed by atoms with E-state index in [-0.39, 0.29) is 11.3 Å². The lowest BCUT2D eigenvalue weighted by Gasteiger charge is -2.22. The van der Waals surface area contributed by atoms with E-state index in [4.69, 9.17) is 0 Å². The van der Waals surface area contributed by atoms with Crippen molar-refractivity contribution in [3.05, 3.63) is 94.3 Å². The number of hydrogen-bond acceptors (Lipinski definition) is 4. The van der Waals surface area contributed by atoms with Crippen LogP contribution in [-0.2, 0) is 11.3 Å². The molecular weight excluding hydrogens is 413 g/mol. The molecule has 0 aliphatic heterocycles. The van der Waals surface area contributed by atoms with Crippen molar-refractivity contribution in [1.29, 1.82) is 0 Å². The summed E-state index contributed by atoms with van der Waals surface area (Å²) in [7, 11) is 0. The van der Waals surface area contributed by atoms with Gasteiger partial charge < -0.3 is 4.90 Å². The highest BCUT2D eigenvalue weighted by atomic mass is 19.4. The molecule has 3 rings (SSSR count). The zero-order chi connectivity index (χ0) is 22.4. The number of benzene rings is 2. The van der Waals surface area contributed by atoms with Crippen LogP contribution in [0.3, 0.4) is 0 Å². The highest BCUT2D eigenvalue weighted by Gasteiger charge is 2.33. The average Bonchev–Trinajstić information content (AvgIpc) is 3.20. The maximum absolute atomic E-state index is 13.0. The summed E-state index contributed by atoms with van der Waals surface area (Å²) in [6, 6.07) is 14.5. The van der Waals surface area contributed by atoms with Crippen molar-refractivity contribution in [2.24, 2.45) is 0 Å². The Bertz CT molecular complexity index is 1090. The molecule has 3 aromatic rings. The van der Waals surface area contributed by atoms with Gasteiger partial charge in [0.05, 0.1) is 23.4 Å². The highest BCUT2D eigenvalue weighted by molar-refractivity contribution is 5.91. The van der Waals surface area contributed by atoms with E-state index in [1.165, 1.54) is 36.5 Å². The van der Waals surface area contributed by atoms with E-state index in [0.29, 0.717) is 10.5 Å². The summed E-state index contributed by atoms with van der Waals surface area (Å²) >= 11 is 0. The Morgan fingerprint density at radius 1 is 1.13 bits per heavy atom. The van der Waals surface area contributed by atoms with Gasteiger partial charge >= 0.3 is 6.18 Å². The smallest absolute Gasteiger partial charge is 0.325 e. The number of halogens is 3. The molecule has 0 fully saturated rings. The normalized spacial score (nSPS) is 11.6. The number of nitro benzene ring substituents is 1. The largest absolute Gasteiger partial charge is 0.406 e. The van der Waals surface area contributed by atoms with E-state index in [1.54, 1.807) is 10.9 Å². The fourth-order valence-corrected chi connectivity index (χ4v) is 2.87. The molecule has 0 aliphatic carbocycles. The second kappa shape index (κ2) is 9.24. The summed E-state index contributed by atoms with van der Waals surface area (Å²) in [6.07, 6.45) is 0.762. The molecule has 0 atom stereocenters. The van der Waals surface area contributed by atoms with Crippen molar-refractivity contribution in [1.82, 2.24) is 14.7 Å². The van der Waals surface area contributed by atoms with Gasteiger partial charge in [0.2, 0.25) is 5.91 Å². The summed E-state index contributed by atoms with van der Waals surface area (Å²) in [4.78, 5) is 23.5. The molecule has 1 amide bonds. The summed E-state index contributed by atoms with van der Waals surface area (Å²) in [5, 5.41) is 15.3. The first-order chi connectivity index (χ1) is 14.7. The van der Waals surface area contributed by atoms with Gasteiger partial charge in [0.15, 0.2) is 0 Å². The summed E-state index contributed by atoms with van der Waals surface area (Å²) < 4.78 is 40.6. The molecule has 0 saturated carbocycles. The lowest BCUT2D eigenvalue weighted by atomic mass is 10.1. The zero-order valence-corrected chi connectivity index (χ0v) is 16.1. The van der Waals surface area contributed by atoms with Crippen molar-refractivity contribution in [3.63, 3.8) is 0 Å². The molecule has 1 heterocycles. The Balaban J connectivity index is 1.79. The maximum Gasteiger partial charge on any atom is 0.406 e. The van der Waals surface area contributed by atoms with Crippen LogP contribution < -0.4 is 0 Å². The van der Waals surface area contributed by atoms with Gasteiger partial charge in [-0.15, -0.1) is 0 Å². The number of rotatable bonds is 7. The van der Waals surface area contributed by atoms with Gasteiger partial charge in [-0.25, -0.2) is 4.68 Å². The summed E-state index contributed by atoms with van der Waals surface area (Å²) in [6.45, 7) is -2.09. The monoisotopic (exact) mass is 430 g/mol. The van der Waals surface area contributed by atoms with Crippen LogP contribution in [0.4, 0.5) is 18.9 Å². The van der Waals surface area contributed by atoms with E-state index in [1.807, 2.05) is 30.3 Å². The molecule has 0 saturated heterocycles. The predicted molar refractivity (Wildman–Crippen MR) is 107 cm³/mol. The molecule has 160 valence electrons. The third-order valence-corrected chi connectivity index (χ3v) is 4.27. The van der Waals surface area contributed by atoms with Crippen molar-refractivity contribution < 1.29 is 22.9 Å². The molecule has 31 heavy (non-hydrogen) atoms. The number of amides is 1. The van der Waals surface area contributed by atoms with Crippen molar-refractivity contribution in [3.8, 4) is 5.69 Å². The molecule has 0 N–H and O–H groups in total. The minimum Gasteiger partial charge on any atom is -0.325 e. The van der Waals surface area contributed by atoms with E-state index in [0.717, 1.165) is 11.8 Å². The molecule has 2 aromatic carbocycles. The second-order valence-electron chi connectivity index (χ2n) is 6.58. The minimum absolute atomic E-state index is 0.00963. The van der Waals surface area contributed by atoms with E-state index in [2.05, 4.69) is 5.10 Å². The molecule has 0 unspecified atom stereocenters. The summed E-state index contributed by atoms with van der Waals surface area (Å²) in [5.74, 6) is -0.928. The van der Waals surface area contributed by atoms with Crippen LogP contribution in [-0.4, -0.2) is 38.2 Å². The van der Waals surface area contributed by atoms with Crippen LogP contribution in [0.2, 0.25) is 0 Å². The standard InChI is InChI=1S/C21H17F3N4O3/c22-21(23,24)15-26(14-17-6-4-5-9-19(17)28(30)31)20(29)11-10-16-12-25-27(13-16)18-7-2-1-3-8-18/h1-13H,14-15H2/b11-10+. The third kappa shape index (κ3) is 6.01. The number of para-hydroxylation sites is 2. The first-order valence-electron chi connectivity index (χ1n) is 9.09. The van der Waals surface area contributed by atoms with Gasteiger partial charge in [-0.2, -0.15) is 18.3 Å². The van der Waals surface area contributed by atoms with Crippen LogP contribution in [0.15, 0.2) is 73.1 Å². The zero-order valence-electron chi connectivity index (χ0n) is 16.1. The number of nitro groups is 1. The number of aromatic nitrogens is 2. The van der Waals surface area contributed by atoms with Gasteiger partial charge in [0.25, 0.3) is 5.69 Å². The molecular formula is C21H17F3N4O3. The molecule has 7 nitrogen and oxygen atoms in total. The van der Waals surface area contributed by atoms with Crippen molar-refractivity contribution >= 4 is 17.7 Å². The number of carbonyl (C=O) groups excluding carboxylic acids is 1. The Kier molecular flexibility index (Phi) is 6.49. The molecule has 1 aromatic heterocycles. The van der Waals surface area contributed by atoms with Crippen LogP contribution >= 0.6 is 0 Å². The number of nitrogens with zero attached hydrogens (tertiary/aromatic N) is 4. The fraction of sp³-hybridized carbons (Fsp3) is 0.143. The molecule has 0 radical (unpaired) electrons. The van der Waals surface area contributed by atoms with E-state index < -0.39 is 30.1 Å². The highest BCUT2D eigenvalue weighted by Crippen LogP contribution is 2.23. The van der Waals surface area contributed by atoms with Gasteiger partial charge in [-0.1, -0.05) is 36.4 Å². The van der Waals surface area contributed by atoms with Gasteiger partial charge in [-0.3, -0.25) is 14.9 Å². The Labute approximate surface area is 175 Å². The first kappa shape index (κ1) is 21.8. The first-order valence-corrected chi connectivity index (χ1v) is 9.09. The van der Waals surface area contributed by atoms with Crippen molar-refractivity contribution in [2.45, 2.75) is 12.7 Å². The third-order valence-electron chi connectivity index (χ3n) is 4.27. The summed E-state index contributed by atoms with van der Waals surface area (Å²) in [5.41, 5.74) is 0.949. The molecule has 0 bridgehead atoms. The Morgan fingerprint density at radius 3 is 2.48 bits per heavy atom. The lowest BCUT2D eigenvalue weighted by molar-refractivity contribution is -0.385. The SMILES string of the molecule is O=C(/C=C/c1cnn(-c2ccccc2)c1)N(Cc1ccccc1[N+](=O)[O-])CC(F)(F)F. The minimum atomic E-state index is -4.66. The van der Waals surface area contributed by atoms with Crippen LogP contribution in [0.1, 0.15) is 11.1 Å². The molecule has 10 heteroatoms. The van der Waals surface area contributed by atoms with Crippen molar-refractivity contribution in [2.75, 3.05) is 6.54 Å². The van der Waals surface area contributed by atoms with Gasteiger partial charge in [-0.05, 0) is 18.2 Å². The number of alkyl halides is 3. The van der Waals surface area contributed by atoms with E-state index >= 15 is 0 Å². The topological polar surface area (TPSA) is 81.3 Å². The van der Waals surface area contributed by atoms with Crippen LogP contribution in [0.25, 0.3) is 11.8 Å². The predicted octanol–water partition coefficient (Wildman–Crippen LogP) is 4.38. The Morgan fingerprint density at radius 2 is 1.81 bits per heavy atom. The average molecular weight is 430 g/mol. The second-order valence-corrected chi connectivity index (χ2v) is 6.58. The fourth-order valence-electron chi connectivity index (χ4n) is 2.87. The Hall–Kier alpha value is -3.95. The number of carbonyl (C=O) groups is 1. The van der Waals surface area contributed by atoms with E-state index in [9.17, 15) is 28.1 Å². The van der Waals surface area contributed by atoms with Crippen LogP contribution in [0.5, 0.6) is 0 Å². The maximum atomic E-state index is 13.0. The van der Waals surface area contributed by atoms with Crippen LogP contribution in [0, 0.1) is 10.1 Å².